The van der Waals surface area contributed by atoms with Crippen LogP contribution in [0.15, 0.2) is 52.9 Å². The highest BCUT2D eigenvalue weighted by molar-refractivity contribution is 6.00. The molecule has 1 atom stereocenters. The molecule has 0 bridgehead atoms. The molecule has 174 valence electrons. The van der Waals surface area contributed by atoms with E-state index in [-0.39, 0.29) is 23.7 Å². The van der Waals surface area contributed by atoms with E-state index in [1.807, 2.05) is 30.3 Å². The standard InChI is InChI=1S/C25H25N5O4/c1-15(24(32)33)17-4-6-18(7-5-17)19-8-12-20(13-9-19)27-22(31)23-29-30-25(34-23)28-21-10-2-16(14-26)3-11-21/h2-3,8-13,15,17-18H,4-7H2,1H3,(H,27,31)(H,28,30)(H,32,33)/t15-,17-,18-/m0/s1. The second-order valence-corrected chi connectivity index (χ2v) is 8.54. The summed E-state index contributed by atoms with van der Waals surface area (Å²) in [6, 6.07) is 16.5. The average Bonchev–Trinajstić information content (AvgIpc) is 3.33. The third-order valence-corrected chi connectivity index (χ3v) is 6.39. The number of carbonyl (C=O) groups excluding carboxylic acids is 1. The number of carbonyl (C=O) groups is 2. The third-order valence-electron chi connectivity index (χ3n) is 6.39. The van der Waals surface area contributed by atoms with E-state index in [9.17, 15) is 14.7 Å². The van der Waals surface area contributed by atoms with Crippen molar-refractivity contribution in [3.63, 3.8) is 0 Å². The molecule has 3 aromatic rings. The minimum absolute atomic E-state index is 0.0676. The Morgan fingerprint density at radius 1 is 1.03 bits per heavy atom. The lowest BCUT2D eigenvalue weighted by Gasteiger charge is -2.31. The van der Waals surface area contributed by atoms with Crippen LogP contribution in [0, 0.1) is 23.2 Å². The molecule has 1 heterocycles. The van der Waals surface area contributed by atoms with Gasteiger partial charge < -0.3 is 20.2 Å². The Kier molecular flexibility index (Phi) is 6.87. The first-order valence-corrected chi connectivity index (χ1v) is 11.2. The van der Waals surface area contributed by atoms with E-state index in [0.717, 1.165) is 25.7 Å². The summed E-state index contributed by atoms with van der Waals surface area (Å²) in [7, 11) is 0. The van der Waals surface area contributed by atoms with Gasteiger partial charge in [0.1, 0.15) is 0 Å². The lowest BCUT2D eigenvalue weighted by molar-refractivity contribution is -0.143. The zero-order valence-electron chi connectivity index (χ0n) is 18.7. The van der Waals surface area contributed by atoms with Gasteiger partial charge in [0.2, 0.25) is 0 Å². The molecule has 0 spiro atoms. The molecule has 9 heteroatoms. The SMILES string of the molecule is C[C@H](C(=O)O)[C@H]1CC[C@H](c2ccc(NC(=O)c3nnc(Nc4ccc(C#N)cc4)o3)cc2)CC1. The first-order chi connectivity index (χ1) is 16.4. The van der Waals surface area contributed by atoms with Gasteiger partial charge >= 0.3 is 23.8 Å². The Morgan fingerprint density at radius 2 is 1.68 bits per heavy atom. The number of hydrogen-bond donors (Lipinski definition) is 3. The molecule has 4 rings (SSSR count). The first-order valence-electron chi connectivity index (χ1n) is 11.2. The fourth-order valence-corrected chi connectivity index (χ4v) is 4.29. The highest BCUT2D eigenvalue weighted by Gasteiger charge is 2.29. The molecule has 0 radical (unpaired) electrons. The number of aliphatic carboxylic acids is 1. The number of hydrogen-bond acceptors (Lipinski definition) is 7. The Labute approximate surface area is 196 Å². The maximum atomic E-state index is 12.5. The molecule has 0 unspecified atom stereocenters. The number of rotatable bonds is 7. The molecule has 0 saturated heterocycles. The Bertz CT molecular complexity index is 1190. The van der Waals surface area contributed by atoms with Gasteiger partial charge in [0, 0.05) is 11.4 Å². The van der Waals surface area contributed by atoms with Gasteiger partial charge in [-0.05, 0) is 79.5 Å². The second kappa shape index (κ2) is 10.2. The molecule has 9 nitrogen and oxygen atoms in total. The van der Waals surface area contributed by atoms with E-state index in [1.165, 1.54) is 5.56 Å². The summed E-state index contributed by atoms with van der Waals surface area (Å²) in [5.74, 6) is -1.08. The average molecular weight is 460 g/mol. The van der Waals surface area contributed by atoms with E-state index >= 15 is 0 Å². The Hall–Kier alpha value is -4.19. The molecule has 0 aliphatic heterocycles. The van der Waals surface area contributed by atoms with Crippen molar-refractivity contribution in [3.05, 3.63) is 65.5 Å². The highest BCUT2D eigenvalue weighted by Crippen LogP contribution is 2.39. The van der Waals surface area contributed by atoms with Gasteiger partial charge in [-0.1, -0.05) is 24.2 Å². The van der Waals surface area contributed by atoms with Gasteiger partial charge in [-0.2, -0.15) is 5.26 Å². The molecular weight excluding hydrogens is 434 g/mol. The quantitative estimate of drug-likeness (QED) is 0.451. The number of benzene rings is 2. The van der Waals surface area contributed by atoms with Crippen molar-refractivity contribution in [2.24, 2.45) is 11.8 Å². The molecule has 1 amide bonds. The van der Waals surface area contributed by atoms with Crippen LogP contribution in [0.4, 0.5) is 17.4 Å². The molecular formula is C25H25N5O4. The topological polar surface area (TPSA) is 141 Å². The van der Waals surface area contributed by atoms with Crippen molar-refractivity contribution in [1.29, 1.82) is 5.26 Å². The number of carboxylic acid groups (broad SMARTS) is 1. The van der Waals surface area contributed by atoms with Crippen LogP contribution in [0.1, 0.15) is 60.3 Å². The van der Waals surface area contributed by atoms with Crippen LogP contribution in [0.2, 0.25) is 0 Å². The molecule has 1 fully saturated rings. The second-order valence-electron chi connectivity index (χ2n) is 8.54. The predicted octanol–water partition coefficient (Wildman–Crippen LogP) is 4.93. The third kappa shape index (κ3) is 5.41. The minimum atomic E-state index is -0.720. The number of nitrogens with zero attached hydrogens (tertiary/aromatic N) is 3. The number of aromatic nitrogens is 2. The fourth-order valence-electron chi connectivity index (χ4n) is 4.29. The maximum Gasteiger partial charge on any atom is 0.320 e. The molecule has 1 saturated carbocycles. The van der Waals surface area contributed by atoms with Gasteiger partial charge in [-0.25, -0.2) is 0 Å². The minimum Gasteiger partial charge on any atom is -0.481 e. The molecule has 1 aliphatic carbocycles. The van der Waals surface area contributed by atoms with Gasteiger partial charge in [-0.15, -0.1) is 5.10 Å². The number of anilines is 3. The largest absolute Gasteiger partial charge is 0.481 e. The van der Waals surface area contributed by atoms with Crippen LogP contribution in [-0.2, 0) is 4.79 Å². The first kappa shape index (κ1) is 23.0. The molecule has 3 N–H and O–H groups in total. The smallest absolute Gasteiger partial charge is 0.320 e. The van der Waals surface area contributed by atoms with Gasteiger partial charge in [0.25, 0.3) is 0 Å². The summed E-state index contributed by atoms with van der Waals surface area (Å²) >= 11 is 0. The molecule has 1 aromatic heterocycles. The number of nitriles is 1. The lowest BCUT2D eigenvalue weighted by Crippen LogP contribution is -2.24. The summed E-state index contributed by atoms with van der Waals surface area (Å²) in [5, 5.41) is 31.3. The predicted molar refractivity (Wildman–Crippen MR) is 125 cm³/mol. The van der Waals surface area contributed by atoms with Crippen molar-refractivity contribution in [1.82, 2.24) is 10.2 Å². The zero-order chi connectivity index (χ0) is 24.1. The lowest BCUT2D eigenvalue weighted by atomic mass is 9.74. The van der Waals surface area contributed by atoms with Gasteiger partial charge in [-0.3, -0.25) is 9.59 Å². The summed E-state index contributed by atoms with van der Waals surface area (Å²) < 4.78 is 5.39. The number of amides is 1. The van der Waals surface area contributed by atoms with Crippen LogP contribution in [-0.4, -0.2) is 27.2 Å². The van der Waals surface area contributed by atoms with Crippen molar-refractivity contribution < 1.29 is 19.1 Å². The van der Waals surface area contributed by atoms with E-state index < -0.39 is 11.9 Å². The monoisotopic (exact) mass is 459 g/mol. The Morgan fingerprint density at radius 3 is 2.29 bits per heavy atom. The molecule has 1 aliphatic rings. The molecule has 2 aromatic carbocycles. The van der Waals surface area contributed by atoms with Crippen molar-refractivity contribution in [2.75, 3.05) is 10.6 Å². The van der Waals surface area contributed by atoms with Crippen molar-refractivity contribution >= 4 is 29.3 Å². The van der Waals surface area contributed by atoms with Crippen molar-refractivity contribution in [3.8, 4) is 6.07 Å². The summed E-state index contributed by atoms with van der Waals surface area (Å²) in [5.41, 5.74) is 2.98. The maximum absolute atomic E-state index is 12.5. The van der Waals surface area contributed by atoms with E-state index in [2.05, 4.69) is 20.8 Å². The Balaban J connectivity index is 1.31. The van der Waals surface area contributed by atoms with E-state index in [0.29, 0.717) is 22.9 Å². The van der Waals surface area contributed by atoms with E-state index in [1.54, 1.807) is 31.2 Å². The summed E-state index contributed by atoms with van der Waals surface area (Å²) in [4.78, 5) is 23.7. The number of carboxylic acids is 1. The number of nitrogens with one attached hydrogen (secondary N) is 2. The fraction of sp³-hybridized carbons (Fsp3) is 0.320. The van der Waals surface area contributed by atoms with Gasteiger partial charge in [0.05, 0.1) is 17.6 Å². The highest BCUT2D eigenvalue weighted by atomic mass is 16.4. The molecule has 34 heavy (non-hydrogen) atoms. The van der Waals surface area contributed by atoms with Crippen LogP contribution in [0.5, 0.6) is 0 Å². The van der Waals surface area contributed by atoms with E-state index in [4.69, 9.17) is 9.68 Å². The van der Waals surface area contributed by atoms with Crippen LogP contribution < -0.4 is 10.6 Å². The zero-order valence-corrected chi connectivity index (χ0v) is 18.7. The van der Waals surface area contributed by atoms with Crippen LogP contribution in [0.25, 0.3) is 0 Å². The van der Waals surface area contributed by atoms with Crippen molar-refractivity contribution in [2.45, 2.75) is 38.5 Å². The summed E-state index contributed by atoms with van der Waals surface area (Å²) in [6.07, 6.45) is 3.75. The van der Waals surface area contributed by atoms with Crippen LogP contribution >= 0.6 is 0 Å². The van der Waals surface area contributed by atoms with Gasteiger partial charge in [0.15, 0.2) is 0 Å². The normalized spacial score (nSPS) is 18.5. The summed E-state index contributed by atoms with van der Waals surface area (Å²) in [6.45, 7) is 1.79. The van der Waals surface area contributed by atoms with Crippen LogP contribution in [0.3, 0.4) is 0 Å².